The van der Waals surface area contributed by atoms with Crippen molar-refractivity contribution in [2.24, 2.45) is 5.92 Å². The number of nitrogens with zero attached hydrogens (tertiary/aromatic N) is 4. The third-order valence-corrected chi connectivity index (χ3v) is 4.53. The van der Waals surface area contributed by atoms with E-state index in [2.05, 4.69) is 22.0 Å². The summed E-state index contributed by atoms with van der Waals surface area (Å²) in [6, 6.07) is 5.21. The molecule has 1 aliphatic rings. The summed E-state index contributed by atoms with van der Waals surface area (Å²) in [7, 11) is 2.12. The maximum absolute atomic E-state index is 12.9. The number of alkyl halides is 3. The van der Waals surface area contributed by atoms with Gasteiger partial charge < -0.3 is 4.90 Å². The number of hydrogen-bond donors (Lipinski definition) is 0. The van der Waals surface area contributed by atoms with E-state index in [9.17, 15) is 13.2 Å². The van der Waals surface area contributed by atoms with Gasteiger partial charge in [-0.15, -0.1) is 0 Å². The summed E-state index contributed by atoms with van der Waals surface area (Å²) >= 11 is 0. The van der Waals surface area contributed by atoms with E-state index in [0.717, 1.165) is 38.1 Å². The number of aromatic nitrogens is 3. The van der Waals surface area contributed by atoms with Gasteiger partial charge in [0.15, 0.2) is 0 Å². The fourth-order valence-electron chi connectivity index (χ4n) is 3.31. The minimum absolute atomic E-state index is 0.401. The Bertz CT molecular complexity index is 680. The van der Waals surface area contributed by atoms with Crippen molar-refractivity contribution in [1.82, 2.24) is 19.7 Å². The van der Waals surface area contributed by atoms with E-state index >= 15 is 0 Å². The van der Waals surface area contributed by atoms with Crippen LogP contribution in [0, 0.1) is 5.92 Å². The minimum Gasteiger partial charge on any atom is -0.306 e. The minimum atomic E-state index is -4.36. The Kier molecular flexibility index (Phi) is 4.89. The Labute approximate surface area is 139 Å². The van der Waals surface area contributed by atoms with Crippen LogP contribution in [0.5, 0.6) is 0 Å². The van der Waals surface area contributed by atoms with Crippen LogP contribution in [0.15, 0.2) is 30.6 Å². The van der Waals surface area contributed by atoms with Crippen molar-refractivity contribution < 1.29 is 13.2 Å². The predicted octanol–water partition coefficient (Wildman–Crippen LogP) is 3.56. The van der Waals surface area contributed by atoms with Gasteiger partial charge in [-0.2, -0.15) is 18.3 Å². The van der Waals surface area contributed by atoms with Crippen LogP contribution < -0.4 is 0 Å². The molecular weight excluding hydrogens is 317 g/mol. The zero-order valence-corrected chi connectivity index (χ0v) is 13.6. The van der Waals surface area contributed by atoms with Gasteiger partial charge in [-0.25, -0.2) is 9.67 Å². The normalized spacial score (nSPS) is 19.6. The smallest absolute Gasteiger partial charge is 0.306 e. The molecule has 0 unspecified atom stereocenters. The highest BCUT2D eigenvalue weighted by atomic mass is 19.4. The van der Waals surface area contributed by atoms with Crippen molar-refractivity contribution in [3.8, 4) is 5.69 Å². The average molecular weight is 338 g/mol. The molecule has 7 heteroatoms. The molecule has 1 saturated heterocycles. The Morgan fingerprint density at radius 3 is 2.88 bits per heavy atom. The summed E-state index contributed by atoms with van der Waals surface area (Å²) in [5.41, 5.74) is -0.270. The van der Waals surface area contributed by atoms with E-state index in [0.29, 0.717) is 17.4 Å². The molecule has 0 aliphatic carbocycles. The maximum Gasteiger partial charge on any atom is 0.416 e. The van der Waals surface area contributed by atoms with Crippen LogP contribution in [0.4, 0.5) is 13.2 Å². The van der Waals surface area contributed by atoms with Gasteiger partial charge in [0.2, 0.25) is 0 Å². The molecule has 1 aromatic heterocycles. The number of hydrogen-bond acceptors (Lipinski definition) is 3. The highest BCUT2D eigenvalue weighted by Crippen LogP contribution is 2.30. The fourth-order valence-corrected chi connectivity index (χ4v) is 3.31. The van der Waals surface area contributed by atoms with Crippen LogP contribution in [-0.2, 0) is 12.6 Å². The molecule has 1 aromatic carbocycles. The van der Waals surface area contributed by atoms with Gasteiger partial charge in [-0.05, 0) is 57.0 Å². The first-order chi connectivity index (χ1) is 11.4. The van der Waals surface area contributed by atoms with Crippen LogP contribution in [0.1, 0.15) is 30.7 Å². The monoisotopic (exact) mass is 338 g/mol. The first-order valence-electron chi connectivity index (χ1n) is 8.18. The lowest BCUT2D eigenvalue weighted by molar-refractivity contribution is -0.137. The molecule has 130 valence electrons. The van der Waals surface area contributed by atoms with Gasteiger partial charge in [0, 0.05) is 13.0 Å². The molecule has 2 heterocycles. The molecule has 24 heavy (non-hydrogen) atoms. The Hall–Kier alpha value is -1.89. The lowest BCUT2D eigenvalue weighted by Gasteiger charge is -2.29. The Balaban J connectivity index is 1.73. The molecule has 0 saturated carbocycles. The molecule has 0 N–H and O–H groups in total. The van der Waals surface area contributed by atoms with Crippen LogP contribution in [0.25, 0.3) is 5.69 Å². The van der Waals surface area contributed by atoms with Crippen molar-refractivity contribution in [3.05, 3.63) is 42.0 Å². The third kappa shape index (κ3) is 3.95. The van der Waals surface area contributed by atoms with Crippen LogP contribution in [0.3, 0.4) is 0 Å². The highest BCUT2D eigenvalue weighted by Gasteiger charge is 2.30. The summed E-state index contributed by atoms with van der Waals surface area (Å²) in [5, 5.41) is 4.12. The maximum atomic E-state index is 12.9. The molecular formula is C17H21F3N4. The second-order valence-corrected chi connectivity index (χ2v) is 6.45. The average Bonchev–Trinajstić information content (AvgIpc) is 3.01. The van der Waals surface area contributed by atoms with Crippen molar-refractivity contribution >= 4 is 0 Å². The number of piperidine rings is 1. The van der Waals surface area contributed by atoms with Gasteiger partial charge in [-0.1, -0.05) is 6.07 Å². The molecule has 0 radical (unpaired) electrons. The number of likely N-dealkylation sites (tertiary alicyclic amines) is 1. The molecule has 1 fully saturated rings. The number of halogens is 3. The van der Waals surface area contributed by atoms with Gasteiger partial charge in [0.1, 0.15) is 12.2 Å². The summed E-state index contributed by atoms with van der Waals surface area (Å²) in [4.78, 5) is 6.57. The standard InChI is InChI=1S/C17H21F3N4/c1-23-9-3-4-13(11-23)7-8-16-21-12-22-24(16)15-6-2-5-14(10-15)17(18,19)20/h2,5-6,10,12-13H,3-4,7-9,11H2,1H3/t13-/m1/s1. The van der Waals surface area contributed by atoms with Crippen LogP contribution in [-0.4, -0.2) is 39.8 Å². The van der Waals surface area contributed by atoms with Gasteiger partial charge in [0.25, 0.3) is 0 Å². The van der Waals surface area contributed by atoms with Crippen molar-refractivity contribution in [3.63, 3.8) is 0 Å². The largest absolute Gasteiger partial charge is 0.416 e. The lowest BCUT2D eigenvalue weighted by atomic mass is 9.93. The van der Waals surface area contributed by atoms with E-state index < -0.39 is 11.7 Å². The summed E-state index contributed by atoms with van der Waals surface area (Å²) in [6.45, 7) is 2.20. The van der Waals surface area contributed by atoms with E-state index in [4.69, 9.17) is 0 Å². The van der Waals surface area contributed by atoms with Crippen molar-refractivity contribution in [1.29, 1.82) is 0 Å². The summed E-state index contributed by atoms with van der Waals surface area (Å²) in [5.74, 6) is 1.32. The second-order valence-electron chi connectivity index (χ2n) is 6.45. The predicted molar refractivity (Wildman–Crippen MR) is 84.9 cm³/mol. The topological polar surface area (TPSA) is 34.0 Å². The van der Waals surface area contributed by atoms with Crippen molar-refractivity contribution in [2.75, 3.05) is 20.1 Å². The molecule has 2 aromatic rings. The van der Waals surface area contributed by atoms with Crippen LogP contribution >= 0.6 is 0 Å². The van der Waals surface area contributed by atoms with Gasteiger partial charge in [-0.3, -0.25) is 0 Å². The molecule has 4 nitrogen and oxygen atoms in total. The first-order valence-corrected chi connectivity index (χ1v) is 8.18. The Morgan fingerprint density at radius 2 is 2.12 bits per heavy atom. The van der Waals surface area contributed by atoms with E-state index in [1.54, 1.807) is 6.07 Å². The molecule has 0 amide bonds. The first kappa shape index (κ1) is 17.0. The fraction of sp³-hybridized carbons (Fsp3) is 0.529. The second kappa shape index (κ2) is 6.93. The quantitative estimate of drug-likeness (QED) is 0.855. The SMILES string of the molecule is CN1CCC[C@H](CCc2ncnn2-c2cccc(C(F)(F)F)c2)C1. The van der Waals surface area contributed by atoms with E-state index in [-0.39, 0.29) is 0 Å². The molecule has 1 atom stereocenters. The molecule has 1 aliphatic heterocycles. The van der Waals surface area contributed by atoms with Gasteiger partial charge in [0.05, 0.1) is 11.3 Å². The Morgan fingerprint density at radius 1 is 1.29 bits per heavy atom. The third-order valence-electron chi connectivity index (χ3n) is 4.53. The van der Waals surface area contributed by atoms with Gasteiger partial charge >= 0.3 is 6.18 Å². The zero-order chi connectivity index (χ0) is 17.2. The van der Waals surface area contributed by atoms with E-state index in [1.165, 1.54) is 29.9 Å². The number of aryl methyl sites for hydroxylation is 1. The van der Waals surface area contributed by atoms with E-state index in [1.807, 2.05) is 0 Å². The zero-order valence-electron chi connectivity index (χ0n) is 13.6. The van der Waals surface area contributed by atoms with Crippen LogP contribution in [0.2, 0.25) is 0 Å². The van der Waals surface area contributed by atoms with Crippen molar-refractivity contribution in [2.45, 2.75) is 31.9 Å². The molecule has 0 spiro atoms. The number of benzene rings is 1. The summed E-state index contributed by atoms with van der Waals surface area (Å²) < 4.78 is 40.2. The lowest BCUT2D eigenvalue weighted by Crippen LogP contribution is -2.32. The number of rotatable bonds is 4. The highest BCUT2D eigenvalue weighted by molar-refractivity contribution is 5.36. The summed E-state index contributed by atoms with van der Waals surface area (Å²) in [6.07, 6.45) is 1.13. The molecule has 3 rings (SSSR count). The molecule has 0 bridgehead atoms.